The van der Waals surface area contributed by atoms with Gasteiger partial charge in [0.15, 0.2) is 0 Å². The minimum atomic E-state index is -0.0593. The van der Waals surface area contributed by atoms with Crippen LogP contribution in [0.5, 0.6) is 0 Å². The van der Waals surface area contributed by atoms with E-state index in [0.717, 1.165) is 29.5 Å². The third-order valence-electron chi connectivity index (χ3n) is 3.55. The smallest absolute Gasteiger partial charge is 0.317 e. The second kappa shape index (κ2) is 7.09. The second-order valence-corrected chi connectivity index (χ2v) is 6.19. The molecule has 1 aliphatic rings. The van der Waals surface area contributed by atoms with Gasteiger partial charge < -0.3 is 15.0 Å². The zero-order chi connectivity index (χ0) is 14.5. The number of hydrogen-bond donors (Lipinski definition) is 1. The minimum Gasteiger partial charge on any atom is -0.376 e. The number of carbonyl (C=O) groups excluding carboxylic acids is 1. The monoisotopic (exact) mass is 340 g/mol. The fourth-order valence-corrected chi connectivity index (χ4v) is 2.59. The van der Waals surface area contributed by atoms with E-state index in [-0.39, 0.29) is 18.2 Å². The van der Waals surface area contributed by atoms with E-state index in [4.69, 9.17) is 4.74 Å². The van der Waals surface area contributed by atoms with E-state index in [2.05, 4.69) is 21.2 Å². The number of rotatable bonds is 4. The Morgan fingerprint density at radius 2 is 2.20 bits per heavy atom. The lowest BCUT2D eigenvalue weighted by atomic mass is 10.1. The van der Waals surface area contributed by atoms with Crippen molar-refractivity contribution < 1.29 is 9.53 Å². The van der Waals surface area contributed by atoms with Gasteiger partial charge in [-0.1, -0.05) is 28.1 Å². The van der Waals surface area contributed by atoms with Crippen molar-refractivity contribution in [2.75, 3.05) is 13.7 Å². The van der Waals surface area contributed by atoms with Crippen LogP contribution in [0.1, 0.15) is 25.3 Å². The first kappa shape index (κ1) is 15.3. The van der Waals surface area contributed by atoms with E-state index >= 15 is 0 Å². The summed E-state index contributed by atoms with van der Waals surface area (Å²) in [6.07, 6.45) is 2.26. The summed E-state index contributed by atoms with van der Waals surface area (Å²) in [4.78, 5) is 13.8. The molecule has 20 heavy (non-hydrogen) atoms. The lowest BCUT2D eigenvalue weighted by Gasteiger charge is -2.24. The summed E-state index contributed by atoms with van der Waals surface area (Å²) >= 11 is 3.40. The third kappa shape index (κ3) is 4.21. The largest absolute Gasteiger partial charge is 0.376 e. The summed E-state index contributed by atoms with van der Waals surface area (Å²) in [5, 5.41) is 3.01. The fraction of sp³-hybridized carbons (Fsp3) is 0.533. The first-order chi connectivity index (χ1) is 9.56. The molecule has 5 heteroatoms. The van der Waals surface area contributed by atoms with Gasteiger partial charge in [-0.05, 0) is 37.5 Å². The van der Waals surface area contributed by atoms with Crippen molar-refractivity contribution in [3.8, 4) is 0 Å². The van der Waals surface area contributed by atoms with Crippen molar-refractivity contribution in [3.63, 3.8) is 0 Å². The van der Waals surface area contributed by atoms with Gasteiger partial charge in [-0.3, -0.25) is 0 Å². The molecule has 1 aromatic rings. The average Bonchev–Trinajstić information content (AvgIpc) is 2.95. The number of nitrogens with one attached hydrogen (secondary N) is 1. The van der Waals surface area contributed by atoms with E-state index in [1.807, 2.05) is 31.2 Å². The van der Waals surface area contributed by atoms with Crippen LogP contribution in [0, 0.1) is 0 Å². The quantitative estimate of drug-likeness (QED) is 0.914. The number of amides is 2. The number of benzene rings is 1. The van der Waals surface area contributed by atoms with Crippen LogP contribution in [0.2, 0.25) is 0 Å². The molecule has 0 aliphatic carbocycles. The molecule has 0 spiro atoms. The van der Waals surface area contributed by atoms with Crippen LogP contribution >= 0.6 is 15.9 Å². The van der Waals surface area contributed by atoms with Crippen molar-refractivity contribution in [2.24, 2.45) is 0 Å². The van der Waals surface area contributed by atoms with Crippen LogP contribution in [0.15, 0.2) is 28.7 Å². The Kier molecular flexibility index (Phi) is 5.43. The van der Waals surface area contributed by atoms with Crippen LogP contribution in [-0.2, 0) is 11.3 Å². The predicted molar refractivity (Wildman–Crippen MR) is 82.6 cm³/mol. The topological polar surface area (TPSA) is 41.6 Å². The summed E-state index contributed by atoms with van der Waals surface area (Å²) in [6, 6.07) is 7.98. The Bertz CT molecular complexity index is 444. The molecule has 1 N–H and O–H groups in total. The molecule has 1 fully saturated rings. The fourth-order valence-electron chi connectivity index (χ4n) is 2.33. The van der Waals surface area contributed by atoms with Crippen molar-refractivity contribution in [1.82, 2.24) is 10.2 Å². The highest BCUT2D eigenvalue weighted by Crippen LogP contribution is 2.16. The van der Waals surface area contributed by atoms with Gasteiger partial charge in [-0.15, -0.1) is 0 Å². The average molecular weight is 341 g/mol. The van der Waals surface area contributed by atoms with E-state index in [1.54, 1.807) is 11.9 Å². The highest BCUT2D eigenvalue weighted by Gasteiger charge is 2.24. The minimum absolute atomic E-state index is 0.0531. The zero-order valence-electron chi connectivity index (χ0n) is 11.9. The molecule has 1 saturated heterocycles. The molecule has 4 nitrogen and oxygen atoms in total. The van der Waals surface area contributed by atoms with Gasteiger partial charge in [-0.25, -0.2) is 4.79 Å². The van der Waals surface area contributed by atoms with Gasteiger partial charge in [0.05, 0.1) is 12.1 Å². The van der Waals surface area contributed by atoms with Gasteiger partial charge in [0.25, 0.3) is 0 Å². The van der Waals surface area contributed by atoms with Gasteiger partial charge >= 0.3 is 6.03 Å². The Morgan fingerprint density at radius 3 is 2.80 bits per heavy atom. The van der Waals surface area contributed by atoms with Crippen molar-refractivity contribution in [2.45, 2.75) is 38.5 Å². The van der Waals surface area contributed by atoms with E-state index in [9.17, 15) is 4.79 Å². The summed E-state index contributed by atoms with van der Waals surface area (Å²) in [6.45, 7) is 3.40. The number of halogens is 1. The van der Waals surface area contributed by atoms with Crippen molar-refractivity contribution >= 4 is 22.0 Å². The van der Waals surface area contributed by atoms with Crippen LogP contribution in [0.3, 0.4) is 0 Å². The Hall–Kier alpha value is -1.07. The molecule has 2 rings (SSSR count). The van der Waals surface area contributed by atoms with Gasteiger partial charge in [0.1, 0.15) is 0 Å². The third-order valence-corrected chi connectivity index (χ3v) is 4.08. The van der Waals surface area contributed by atoms with Gasteiger partial charge in [-0.2, -0.15) is 0 Å². The Labute approximate surface area is 128 Å². The Balaban J connectivity index is 1.83. The predicted octanol–water partition coefficient (Wildman–Crippen LogP) is 3.16. The standard InChI is InChI=1S/C15H21BrN2O2/c1-11(14-4-3-9-20-14)17-15(19)18(2)10-12-5-7-13(16)8-6-12/h5-8,11,14H,3-4,9-10H2,1-2H3,(H,17,19)/t11-,14+/m0/s1. The lowest BCUT2D eigenvalue weighted by molar-refractivity contribution is 0.0838. The van der Waals surface area contributed by atoms with E-state index in [1.165, 1.54) is 0 Å². The molecule has 1 aromatic carbocycles. The molecular weight excluding hydrogens is 320 g/mol. The summed E-state index contributed by atoms with van der Waals surface area (Å²) in [5.74, 6) is 0. The molecule has 0 saturated carbocycles. The molecule has 1 aliphatic heterocycles. The number of urea groups is 1. The summed E-state index contributed by atoms with van der Waals surface area (Å²) in [7, 11) is 1.81. The molecule has 0 bridgehead atoms. The van der Waals surface area contributed by atoms with Gasteiger partial charge in [0, 0.05) is 24.7 Å². The molecule has 0 radical (unpaired) electrons. The number of nitrogens with zero attached hydrogens (tertiary/aromatic N) is 1. The Morgan fingerprint density at radius 1 is 1.50 bits per heavy atom. The maximum absolute atomic E-state index is 12.1. The first-order valence-electron chi connectivity index (χ1n) is 6.94. The number of hydrogen-bond acceptors (Lipinski definition) is 2. The van der Waals surface area contributed by atoms with E-state index in [0.29, 0.717) is 6.54 Å². The van der Waals surface area contributed by atoms with Crippen LogP contribution in [0.25, 0.3) is 0 Å². The molecule has 2 atom stereocenters. The zero-order valence-corrected chi connectivity index (χ0v) is 13.5. The molecule has 2 amide bonds. The number of carbonyl (C=O) groups is 1. The maximum Gasteiger partial charge on any atom is 0.317 e. The SMILES string of the molecule is C[C@H](NC(=O)N(C)Cc1ccc(Br)cc1)[C@H]1CCCO1. The molecule has 110 valence electrons. The maximum atomic E-state index is 12.1. The van der Waals surface area contributed by atoms with Crippen LogP contribution in [0.4, 0.5) is 4.79 Å². The normalized spacial score (nSPS) is 19.6. The molecule has 0 unspecified atom stereocenters. The summed E-state index contributed by atoms with van der Waals surface area (Å²) < 4.78 is 6.63. The lowest BCUT2D eigenvalue weighted by Crippen LogP contribution is -2.46. The number of ether oxygens (including phenoxy) is 1. The second-order valence-electron chi connectivity index (χ2n) is 5.27. The van der Waals surface area contributed by atoms with Crippen molar-refractivity contribution in [1.29, 1.82) is 0 Å². The highest BCUT2D eigenvalue weighted by atomic mass is 79.9. The van der Waals surface area contributed by atoms with E-state index < -0.39 is 0 Å². The molecule has 0 aromatic heterocycles. The van der Waals surface area contributed by atoms with Crippen molar-refractivity contribution in [3.05, 3.63) is 34.3 Å². The molecular formula is C15H21BrN2O2. The van der Waals surface area contributed by atoms with Crippen LogP contribution in [-0.4, -0.2) is 36.7 Å². The van der Waals surface area contributed by atoms with Crippen LogP contribution < -0.4 is 5.32 Å². The summed E-state index contributed by atoms with van der Waals surface area (Å²) in [5.41, 5.74) is 1.11. The first-order valence-corrected chi connectivity index (χ1v) is 7.73. The highest BCUT2D eigenvalue weighted by molar-refractivity contribution is 9.10. The van der Waals surface area contributed by atoms with Gasteiger partial charge in [0.2, 0.25) is 0 Å². The molecule has 1 heterocycles.